The zero-order chi connectivity index (χ0) is 21.3. The van der Waals surface area contributed by atoms with Crippen molar-refractivity contribution in [2.24, 2.45) is 0 Å². The normalized spacial score (nSPS) is 17.0. The van der Waals surface area contributed by atoms with Crippen molar-refractivity contribution in [2.45, 2.75) is 24.8 Å². The maximum atomic E-state index is 12.7. The molecule has 9 heteroatoms. The van der Waals surface area contributed by atoms with Gasteiger partial charge in [0.1, 0.15) is 12.6 Å². The number of urea groups is 1. The van der Waals surface area contributed by atoms with Crippen molar-refractivity contribution in [3.05, 3.63) is 54.1 Å². The number of rotatable bonds is 5. The summed E-state index contributed by atoms with van der Waals surface area (Å²) in [6.45, 7) is 3.10. The highest BCUT2D eigenvalue weighted by atomic mass is 32.2. The van der Waals surface area contributed by atoms with Gasteiger partial charge in [-0.2, -0.15) is 0 Å². The van der Waals surface area contributed by atoms with Crippen LogP contribution in [0.25, 0.3) is 0 Å². The third kappa shape index (κ3) is 4.29. The minimum atomic E-state index is -3.34. The summed E-state index contributed by atoms with van der Waals surface area (Å²) in [4.78, 5) is 40.0. The minimum Gasteiger partial charge on any atom is -0.325 e. The molecule has 1 fully saturated rings. The molecule has 1 atom stereocenters. The van der Waals surface area contributed by atoms with Gasteiger partial charge in [-0.3, -0.25) is 19.4 Å². The molecule has 1 unspecified atom stereocenters. The molecule has 0 bridgehead atoms. The molecule has 0 saturated carbocycles. The van der Waals surface area contributed by atoms with Crippen LogP contribution in [-0.2, 0) is 19.4 Å². The van der Waals surface area contributed by atoms with Crippen LogP contribution in [0.4, 0.5) is 16.2 Å². The number of aryl methyl sites for hydroxylation is 1. The van der Waals surface area contributed by atoms with Gasteiger partial charge in [0.2, 0.25) is 5.91 Å². The van der Waals surface area contributed by atoms with E-state index in [4.69, 9.17) is 0 Å². The van der Waals surface area contributed by atoms with E-state index >= 15 is 0 Å². The largest absolute Gasteiger partial charge is 0.332 e. The van der Waals surface area contributed by atoms with Crippen LogP contribution < -0.4 is 10.2 Å². The molecular formula is C20H21N3O5S. The van der Waals surface area contributed by atoms with E-state index in [0.29, 0.717) is 11.4 Å². The molecule has 152 valence electrons. The highest BCUT2D eigenvalue weighted by molar-refractivity contribution is 7.90. The number of carbonyl (C=O) groups excluding carboxylic acids is 3. The van der Waals surface area contributed by atoms with Gasteiger partial charge in [0.15, 0.2) is 9.84 Å². The third-order valence-electron chi connectivity index (χ3n) is 4.63. The average molecular weight is 415 g/mol. The summed E-state index contributed by atoms with van der Waals surface area (Å²) >= 11 is 0. The first-order valence-corrected chi connectivity index (χ1v) is 10.8. The fraction of sp³-hybridized carbons (Fsp3) is 0.250. The highest BCUT2D eigenvalue weighted by Gasteiger charge is 2.44. The second-order valence-corrected chi connectivity index (χ2v) is 8.95. The van der Waals surface area contributed by atoms with Crippen LogP contribution in [-0.4, -0.2) is 50.0 Å². The van der Waals surface area contributed by atoms with Crippen LogP contribution in [0.2, 0.25) is 0 Å². The van der Waals surface area contributed by atoms with Crippen molar-refractivity contribution < 1.29 is 22.8 Å². The Bertz CT molecular complexity index is 1060. The van der Waals surface area contributed by atoms with Gasteiger partial charge < -0.3 is 5.32 Å². The molecule has 0 spiro atoms. The van der Waals surface area contributed by atoms with Gasteiger partial charge in [0, 0.05) is 17.6 Å². The maximum absolute atomic E-state index is 12.7. The minimum absolute atomic E-state index is 0.128. The van der Waals surface area contributed by atoms with E-state index in [1.165, 1.54) is 29.2 Å². The van der Waals surface area contributed by atoms with E-state index < -0.39 is 40.3 Å². The summed E-state index contributed by atoms with van der Waals surface area (Å²) in [7, 11) is -3.34. The van der Waals surface area contributed by atoms with Crippen LogP contribution in [0.3, 0.4) is 0 Å². The number of hydrogen-bond donors (Lipinski definition) is 1. The van der Waals surface area contributed by atoms with Crippen molar-refractivity contribution in [2.75, 3.05) is 23.0 Å². The van der Waals surface area contributed by atoms with Gasteiger partial charge in [-0.05, 0) is 50.2 Å². The number of nitrogens with one attached hydrogen (secondary N) is 1. The quantitative estimate of drug-likeness (QED) is 0.754. The second kappa shape index (κ2) is 7.67. The molecule has 1 aliphatic heterocycles. The van der Waals surface area contributed by atoms with Crippen molar-refractivity contribution in [1.29, 1.82) is 0 Å². The molecule has 3 rings (SSSR count). The van der Waals surface area contributed by atoms with E-state index in [1.807, 2.05) is 19.1 Å². The number of benzene rings is 2. The fourth-order valence-electron chi connectivity index (χ4n) is 3.04. The summed E-state index contributed by atoms with van der Waals surface area (Å²) in [5.74, 6) is -1.02. The molecule has 8 nitrogen and oxygen atoms in total. The smallest absolute Gasteiger partial charge is 0.325 e. The van der Waals surface area contributed by atoms with Crippen LogP contribution in [0, 0.1) is 6.92 Å². The lowest BCUT2D eigenvalue weighted by molar-refractivity contribution is -0.130. The van der Waals surface area contributed by atoms with Gasteiger partial charge in [0.25, 0.3) is 5.91 Å². The predicted octanol–water partition coefficient (Wildman–Crippen LogP) is 2.19. The van der Waals surface area contributed by atoms with Crippen molar-refractivity contribution >= 4 is 39.1 Å². The standard InChI is InChI=1S/C20H21N3O5S/c1-13-4-8-16(9-5-13)23-14(2)19(25)22(20(23)26)12-18(24)21-15-6-10-17(11-7-15)29(3,27)28/h4-11,14H,12H2,1-3H3,(H,21,24). The lowest BCUT2D eigenvalue weighted by Crippen LogP contribution is -2.39. The topological polar surface area (TPSA) is 104 Å². The summed E-state index contributed by atoms with van der Waals surface area (Å²) in [5, 5.41) is 2.57. The van der Waals surface area contributed by atoms with Crippen molar-refractivity contribution in [3.8, 4) is 0 Å². The summed E-state index contributed by atoms with van der Waals surface area (Å²) in [5.41, 5.74) is 1.98. The molecule has 4 amide bonds. The molecule has 0 aromatic heterocycles. The van der Waals surface area contributed by atoms with E-state index in [9.17, 15) is 22.8 Å². The first-order chi connectivity index (χ1) is 13.6. The Hall–Kier alpha value is -3.20. The SMILES string of the molecule is Cc1ccc(N2C(=O)N(CC(=O)Nc3ccc(S(C)(=O)=O)cc3)C(=O)C2C)cc1. The van der Waals surface area contributed by atoms with Gasteiger partial charge in [0.05, 0.1) is 4.90 Å². The zero-order valence-electron chi connectivity index (χ0n) is 16.2. The van der Waals surface area contributed by atoms with E-state index in [1.54, 1.807) is 19.1 Å². The maximum Gasteiger partial charge on any atom is 0.332 e. The molecule has 1 aliphatic rings. The Morgan fingerprint density at radius 3 is 2.17 bits per heavy atom. The summed E-state index contributed by atoms with van der Waals surface area (Å²) in [6, 6.07) is 11.6. The van der Waals surface area contributed by atoms with E-state index in [-0.39, 0.29) is 4.90 Å². The van der Waals surface area contributed by atoms with Crippen molar-refractivity contribution in [3.63, 3.8) is 0 Å². The molecule has 1 saturated heterocycles. The zero-order valence-corrected chi connectivity index (χ0v) is 17.1. The van der Waals surface area contributed by atoms with Crippen LogP contribution >= 0.6 is 0 Å². The first-order valence-electron chi connectivity index (χ1n) is 8.89. The number of nitrogens with zero attached hydrogens (tertiary/aromatic N) is 2. The molecule has 1 N–H and O–H groups in total. The Morgan fingerprint density at radius 1 is 1.03 bits per heavy atom. The molecule has 2 aromatic rings. The van der Waals surface area contributed by atoms with Crippen molar-refractivity contribution in [1.82, 2.24) is 4.90 Å². The number of amides is 4. The fourth-order valence-corrected chi connectivity index (χ4v) is 3.67. The summed E-state index contributed by atoms with van der Waals surface area (Å²) in [6.07, 6.45) is 1.09. The van der Waals surface area contributed by atoms with Gasteiger partial charge in [-0.15, -0.1) is 0 Å². The van der Waals surface area contributed by atoms with E-state index in [0.717, 1.165) is 16.7 Å². The monoisotopic (exact) mass is 415 g/mol. The van der Waals surface area contributed by atoms with Gasteiger partial charge in [-0.1, -0.05) is 17.7 Å². The third-order valence-corrected chi connectivity index (χ3v) is 5.76. The molecule has 0 radical (unpaired) electrons. The molecule has 29 heavy (non-hydrogen) atoms. The molecule has 2 aromatic carbocycles. The second-order valence-electron chi connectivity index (χ2n) is 6.93. The highest BCUT2D eigenvalue weighted by Crippen LogP contribution is 2.26. The number of sulfone groups is 1. The Kier molecular flexibility index (Phi) is 5.43. The number of imide groups is 1. The first kappa shape index (κ1) is 20.5. The lowest BCUT2D eigenvalue weighted by atomic mass is 10.2. The Balaban J connectivity index is 1.70. The number of anilines is 2. The van der Waals surface area contributed by atoms with Crippen LogP contribution in [0.15, 0.2) is 53.4 Å². The van der Waals surface area contributed by atoms with E-state index in [2.05, 4.69) is 5.32 Å². The average Bonchev–Trinajstić information content (AvgIpc) is 2.86. The Labute approximate surface area is 169 Å². The number of carbonyl (C=O) groups is 3. The van der Waals surface area contributed by atoms with Crippen LogP contribution in [0.5, 0.6) is 0 Å². The summed E-state index contributed by atoms with van der Waals surface area (Å²) < 4.78 is 23.0. The molecule has 0 aliphatic carbocycles. The Morgan fingerprint density at radius 2 is 1.62 bits per heavy atom. The predicted molar refractivity (Wildman–Crippen MR) is 108 cm³/mol. The lowest BCUT2D eigenvalue weighted by Gasteiger charge is -2.19. The molecule has 1 heterocycles. The van der Waals surface area contributed by atoms with Gasteiger partial charge in [-0.25, -0.2) is 13.2 Å². The molecular weight excluding hydrogens is 394 g/mol. The van der Waals surface area contributed by atoms with Crippen LogP contribution in [0.1, 0.15) is 12.5 Å². The number of hydrogen-bond acceptors (Lipinski definition) is 5. The van der Waals surface area contributed by atoms with Gasteiger partial charge >= 0.3 is 6.03 Å².